The van der Waals surface area contributed by atoms with Gasteiger partial charge in [0.2, 0.25) is 0 Å². The molecule has 0 radical (unpaired) electrons. The lowest BCUT2D eigenvalue weighted by Gasteiger charge is -2.32. The molecule has 140 valence electrons. The number of hydrogen-bond donors (Lipinski definition) is 2. The molecule has 2 aliphatic rings. The third kappa shape index (κ3) is 4.75. The van der Waals surface area contributed by atoms with E-state index in [0.717, 1.165) is 45.1 Å². The Labute approximate surface area is 150 Å². The van der Waals surface area contributed by atoms with Crippen molar-refractivity contribution in [2.75, 3.05) is 6.54 Å². The lowest BCUT2D eigenvalue weighted by atomic mass is 9.92. The Hall–Kier alpha value is -1.56. The Kier molecular flexibility index (Phi) is 5.37. The number of likely N-dealkylation sites (tertiary alicyclic amines) is 1. The molecule has 1 amide bonds. The minimum atomic E-state index is -0.432. The first-order valence-corrected chi connectivity index (χ1v) is 9.58. The highest BCUT2D eigenvalue weighted by Crippen LogP contribution is 2.25. The summed E-state index contributed by atoms with van der Waals surface area (Å²) >= 11 is 0. The van der Waals surface area contributed by atoms with E-state index in [2.05, 4.69) is 22.4 Å². The molecule has 0 unspecified atom stereocenters. The fourth-order valence-corrected chi connectivity index (χ4v) is 4.08. The molecule has 0 bridgehead atoms. The number of aryl methyl sites for hydroxylation is 1. The lowest BCUT2D eigenvalue weighted by Crippen LogP contribution is -2.45. The smallest absolute Gasteiger partial charge is 0.410 e. The number of H-pyrrole nitrogens is 1. The van der Waals surface area contributed by atoms with Crippen molar-refractivity contribution in [1.82, 2.24) is 20.4 Å². The number of nitrogens with zero attached hydrogens (tertiary/aromatic N) is 2. The van der Waals surface area contributed by atoms with E-state index in [-0.39, 0.29) is 12.1 Å². The highest BCUT2D eigenvalue weighted by Gasteiger charge is 2.33. The maximum Gasteiger partial charge on any atom is 0.410 e. The first-order valence-electron chi connectivity index (χ1n) is 9.58. The summed E-state index contributed by atoms with van der Waals surface area (Å²) in [6.45, 7) is 8.82. The van der Waals surface area contributed by atoms with Crippen LogP contribution in [0.25, 0.3) is 0 Å². The molecule has 1 aliphatic carbocycles. The van der Waals surface area contributed by atoms with Crippen LogP contribution in [0, 0.1) is 0 Å². The molecule has 0 spiro atoms. The van der Waals surface area contributed by atoms with Crippen LogP contribution >= 0.6 is 0 Å². The maximum atomic E-state index is 12.4. The van der Waals surface area contributed by atoms with Gasteiger partial charge < -0.3 is 15.0 Å². The summed E-state index contributed by atoms with van der Waals surface area (Å²) in [6.07, 6.45) is 8.15. The lowest BCUT2D eigenvalue weighted by molar-refractivity contribution is 0.0214. The second-order valence-corrected chi connectivity index (χ2v) is 8.59. The molecule has 0 saturated carbocycles. The van der Waals surface area contributed by atoms with Crippen molar-refractivity contribution in [1.29, 1.82) is 0 Å². The van der Waals surface area contributed by atoms with Gasteiger partial charge in [0, 0.05) is 30.4 Å². The third-order valence-corrected chi connectivity index (χ3v) is 5.17. The van der Waals surface area contributed by atoms with Gasteiger partial charge in [-0.1, -0.05) is 0 Å². The highest BCUT2D eigenvalue weighted by molar-refractivity contribution is 5.68. The molecule has 1 aromatic rings. The number of carbonyl (C=O) groups is 1. The quantitative estimate of drug-likeness (QED) is 0.877. The van der Waals surface area contributed by atoms with Gasteiger partial charge in [-0.2, -0.15) is 5.10 Å². The monoisotopic (exact) mass is 348 g/mol. The number of nitrogens with one attached hydrogen (secondary N) is 2. The second kappa shape index (κ2) is 7.36. The van der Waals surface area contributed by atoms with Gasteiger partial charge in [0.05, 0.1) is 6.20 Å². The van der Waals surface area contributed by atoms with Crippen LogP contribution < -0.4 is 5.32 Å². The minimum absolute atomic E-state index is 0.164. The van der Waals surface area contributed by atoms with Crippen LogP contribution in [0.4, 0.5) is 4.79 Å². The number of amides is 1. The number of aromatic amines is 1. The van der Waals surface area contributed by atoms with Crippen LogP contribution in [0.1, 0.15) is 64.6 Å². The predicted molar refractivity (Wildman–Crippen MR) is 97.6 cm³/mol. The van der Waals surface area contributed by atoms with Crippen molar-refractivity contribution < 1.29 is 9.53 Å². The van der Waals surface area contributed by atoms with Crippen molar-refractivity contribution in [3.05, 3.63) is 17.5 Å². The average molecular weight is 348 g/mol. The summed E-state index contributed by atoms with van der Waals surface area (Å²) in [5.41, 5.74) is 2.20. The first kappa shape index (κ1) is 18.2. The van der Waals surface area contributed by atoms with Crippen molar-refractivity contribution >= 4 is 6.09 Å². The summed E-state index contributed by atoms with van der Waals surface area (Å²) in [5, 5.41) is 11.0. The SMILES string of the molecule is C[C@H](C[C@H]1CCCN1C(=O)OC(C)(C)C)N[C@@H]1CCc2[nH]ncc2C1. The zero-order valence-corrected chi connectivity index (χ0v) is 16.0. The van der Waals surface area contributed by atoms with Crippen LogP contribution in [0.15, 0.2) is 6.20 Å². The summed E-state index contributed by atoms with van der Waals surface area (Å²) in [7, 11) is 0. The summed E-state index contributed by atoms with van der Waals surface area (Å²) in [5.74, 6) is 0. The van der Waals surface area contributed by atoms with E-state index in [9.17, 15) is 4.79 Å². The van der Waals surface area contributed by atoms with Crippen LogP contribution in [0.3, 0.4) is 0 Å². The largest absolute Gasteiger partial charge is 0.444 e. The molecule has 3 rings (SSSR count). The van der Waals surface area contributed by atoms with Gasteiger partial charge in [-0.25, -0.2) is 4.79 Å². The topological polar surface area (TPSA) is 70.2 Å². The molecular formula is C19H32N4O2. The summed E-state index contributed by atoms with van der Waals surface area (Å²) < 4.78 is 5.57. The van der Waals surface area contributed by atoms with E-state index in [1.807, 2.05) is 31.9 Å². The molecule has 6 heteroatoms. The molecule has 1 aromatic heterocycles. The van der Waals surface area contributed by atoms with Gasteiger partial charge in [0.1, 0.15) is 5.60 Å². The summed E-state index contributed by atoms with van der Waals surface area (Å²) in [4.78, 5) is 14.4. The fourth-order valence-electron chi connectivity index (χ4n) is 4.08. The Balaban J connectivity index is 1.50. The van der Waals surface area contributed by atoms with E-state index in [0.29, 0.717) is 12.1 Å². The molecule has 6 nitrogen and oxygen atoms in total. The van der Waals surface area contributed by atoms with Gasteiger partial charge in [-0.05, 0) is 71.8 Å². The van der Waals surface area contributed by atoms with E-state index >= 15 is 0 Å². The van der Waals surface area contributed by atoms with Crippen LogP contribution in [0.2, 0.25) is 0 Å². The van der Waals surface area contributed by atoms with Crippen molar-refractivity contribution in [2.24, 2.45) is 0 Å². The third-order valence-electron chi connectivity index (χ3n) is 5.17. The zero-order chi connectivity index (χ0) is 18.0. The van der Waals surface area contributed by atoms with Crippen molar-refractivity contribution in [3.8, 4) is 0 Å². The molecule has 1 fully saturated rings. The van der Waals surface area contributed by atoms with E-state index in [4.69, 9.17) is 4.74 Å². The molecule has 1 aliphatic heterocycles. The molecule has 25 heavy (non-hydrogen) atoms. The number of aromatic nitrogens is 2. The summed E-state index contributed by atoms with van der Waals surface area (Å²) in [6, 6.07) is 1.16. The average Bonchev–Trinajstić information content (AvgIpc) is 3.13. The molecule has 2 N–H and O–H groups in total. The van der Waals surface area contributed by atoms with Gasteiger partial charge in [-0.3, -0.25) is 5.10 Å². The van der Waals surface area contributed by atoms with Crippen LogP contribution in [-0.2, 0) is 17.6 Å². The van der Waals surface area contributed by atoms with E-state index < -0.39 is 5.60 Å². The van der Waals surface area contributed by atoms with E-state index in [1.54, 1.807) is 0 Å². The molecule has 0 aromatic carbocycles. The van der Waals surface area contributed by atoms with Gasteiger partial charge in [0.25, 0.3) is 0 Å². The predicted octanol–water partition coefficient (Wildman–Crippen LogP) is 3.03. The van der Waals surface area contributed by atoms with Crippen LogP contribution in [0.5, 0.6) is 0 Å². The van der Waals surface area contributed by atoms with Gasteiger partial charge >= 0.3 is 6.09 Å². The van der Waals surface area contributed by atoms with E-state index in [1.165, 1.54) is 11.3 Å². The number of rotatable bonds is 4. The highest BCUT2D eigenvalue weighted by atomic mass is 16.6. The second-order valence-electron chi connectivity index (χ2n) is 8.59. The molecule has 2 heterocycles. The molecular weight excluding hydrogens is 316 g/mol. The Morgan fingerprint density at radius 2 is 2.28 bits per heavy atom. The first-order chi connectivity index (χ1) is 11.8. The van der Waals surface area contributed by atoms with Crippen LogP contribution in [-0.4, -0.2) is 51.5 Å². The Bertz CT molecular complexity index is 592. The van der Waals surface area contributed by atoms with Gasteiger partial charge in [0.15, 0.2) is 0 Å². The molecule has 1 saturated heterocycles. The number of carbonyl (C=O) groups excluding carboxylic acids is 1. The Morgan fingerprint density at radius 3 is 3.04 bits per heavy atom. The Morgan fingerprint density at radius 1 is 1.48 bits per heavy atom. The normalized spacial score (nSPS) is 24.9. The molecule has 3 atom stereocenters. The maximum absolute atomic E-state index is 12.4. The minimum Gasteiger partial charge on any atom is -0.444 e. The van der Waals surface area contributed by atoms with Crippen molar-refractivity contribution in [3.63, 3.8) is 0 Å². The van der Waals surface area contributed by atoms with Gasteiger partial charge in [-0.15, -0.1) is 0 Å². The number of hydrogen-bond acceptors (Lipinski definition) is 4. The number of fused-ring (bicyclic) bond motifs is 1. The van der Waals surface area contributed by atoms with Crippen molar-refractivity contribution in [2.45, 2.75) is 89.9 Å². The standard InChI is InChI=1S/C19H32N4O2/c1-13(21-15-7-8-17-14(11-15)12-20-22-17)10-16-6-5-9-23(16)18(24)25-19(2,3)4/h12-13,15-16,21H,5-11H2,1-4H3,(H,20,22)/t13-,15-,16-/m1/s1. The fraction of sp³-hybridized carbons (Fsp3) is 0.789. The zero-order valence-electron chi connectivity index (χ0n) is 16.0. The number of ether oxygens (including phenoxy) is 1.